The van der Waals surface area contributed by atoms with Crippen LogP contribution in [0.2, 0.25) is 0 Å². The molecule has 0 saturated heterocycles. The first kappa shape index (κ1) is 8.57. The maximum atomic E-state index is 2.49. The van der Waals surface area contributed by atoms with Gasteiger partial charge in [-0.1, -0.05) is 19.4 Å². The summed E-state index contributed by atoms with van der Waals surface area (Å²) in [6.07, 6.45) is 3.97. The molecule has 1 aliphatic rings. The molecule has 0 aromatic rings. The van der Waals surface area contributed by atoms with E-state index in [-0.39, 0.29) is 0 Å². The van der Waals surface area contributed by atoms with E-state index in [0.717, 1.165) is 0 Å². The lowest BCUT2D eigenvalue weighted by Crippen LogP contribution is -2.15. The quantitative estimate of drug-likeness (QED) is 0.572. The van der Waals surface area contributed by atoms with Crippen molar-refractivity contribution in [3.63, 3.8) is 0 Å². The molecule has 58 valence electrons. The van der Waals surface area contributed by atoms with Crippen LogP contribution in [0.1, 0.15) is 40.0 Å². The summed E-state index contributed by atoms with van der Waals surface area (Å²) < 4.78 is 1.59. The molecule has 0 atom stereocenters. The van der Waals surface area contributed by atoms with Crippen molar-refractivity contribution in [2.45, 2.75) is 40.0 Å². The fourth-order valence-corrected chi connectivity index (χ4v) is 2.62. The largest absolute Gasteiger partial charge is 0.0640 e. The lowest BCUT2D eigenvalue weighted by molar-refractivity contribution is 0.323. The SMILES string of the molecule is CC1=C(I)CC(C)(C)CC1. The molecule has 0 fully saturated rings. The third-order valence-electron chi connectivity index (χ3n) is 2.27. The van der Waals surface area contributed by atoms with Crippen molar-refractivity contribution < 1.29 is 0 Å². The molecule has 0 bridgehead atoms. The standard InChI is InChI=1S/C9H15I/c1-7-4-5-9(2,3)6-8(7)10/h4-6H2,1-3H3. The molecule has 0 aromatic heterocycles. The van der Waals surface area contributed by atoms with E-state index in [1.54, 1.807) is 9.15 Å². The molecule has 1 rings (SSSR count). The molecule has 10 heavy (non-hydrogen) atoms. The maximum absolute atomic E-state index is 2.49. The number of rotatable bonds is 0. The molecular weight excluding hydrogens is 235 g/mol. The number of halogens is 1. The van der Waals surface area contributed by atoms with Crippen LogP contribution in [0.15, 0.2) is 9.15 Å². The summed E-state index contributed by atoms with van der Waals surface area (Å²) in [5, 5.41) is 0. The molecule has 0 aliphatic heterocycles. The second-order valence-electron chi connectivity index (χ2n) is 4.03. The average Bonchev–Trinajstić information content (AvgIpc) is 1.79. The van der Waals surface area contributed by atoms with Gasteiger partial charge in [-0.15, -0.1) is 0 Å². The van der Waals surface area contributed by atoms with Crippen molar-refractivity contribution in [3.8, 4) is 0 Å². The molecule has 0 aromatic carbocycles. The molecule has 0 radical (unpaired) electrons. The van der Waals surface area contributed by atoms with Crippen molar-refractivity contribution in [1.82, 2.24) is 0 Å². The van der Waals surface area contributed by atoms with Crippen LogP contribution in [-0.2, 0) is 0 Å². The third kappa shape index (κ3) is 1.97. The Morgan fingerprint density at radius 3 is 2.40 bits per heavy atom. The van der Waals surface area contributed by atoms with Crippen molar-refractivity contribution in [1.29, 1.82) is 0 Å². The Labute approximate surface area is 77.2 Å². The fourth-order valence-electron chi connectivity index (χ4n) is 1.32. The minimum Gasteiger partial charge on any atom is -0.0640 e. The van der Waals surface area contributed by atoms with E-state index in [2.05, 4.69) is 43.4 Å². The van der Waals surface area contributed by atoms with Gasteiger partial charge in [0, 0.05) is 0 Å². The average molecular weight is 250 g/mol. The highest BCUT2D eigenvalue weighted by molar-refractivity contribution is 14.1. The summed E-state index contributed by atoms with van der Waals surface area (Å²) in [6, 6.07) is 0. The summed E-state index contributed by atoms with van der Waals surface area (Å²) >= 11 is 2.49. The smallest absolute Gasteiger partial charge is 0.00995 e. The monoisotopic (exact) mass is 250 g/mol. The van der Waals surface area contributed by atoms with Gasteiger partial charge in [-0.3, -0.25) is 0 Å². The molecule has 0 unspecified atom stereocenters. The Balaban J connectivity index is 2.72. The van der Waals surface area contributed by atoms with Gasteiger partial charge in [-0.25, -0.2) is 0 Å². The van der Waals surface area contributed by atoms with E-state index in [1.807, 2.05) is 0 Å². The van der Waals surface area contributed by atoms with Gasteiger partial charge in [0.15, 0.2) is 0 Å². The Bertz CT molecular complexity index is 166. The molecule has 0 spiro atoms. The zero-order valence-electron chi connectivity index (χ0n) is 7.00. The minimum absolute atomic E-state index is 0.566. The zero-order chi connectivity index (χ0) is 7.78. The Morgan fingerprint density at radius 2 is 2.00 bits per heavy atom. The first-order valence-corrected chi connectivity index (χ1v) is 4.93. The summed E-state index contributed by atoms with van der Waals surface area (Å²) in [6.45, 7) is 6.98. The van der Waals surface area contributed by atoms with Crippen LogP contribution in [0, 0.1) is 5.41 Å². The zero-order valence-corrected chi connectivity index (χ0v) is 9.16. The molecule has 0 nitrogen and oxygen atoms in total. The first-order chi connectivity index (χ1) is 4.51. The van der Waals surface area contributed by atoms with E-state index in [1.165, 1.54) is 19.3 Å². The van der Waals surface area contributed by atoms with E-state index in [4.69, 9.17) is 0 Å². The van der Waals surface area contributed by atoms with Gasteiger partial charge in [0.25, 0.3) is 0 Å². The van der Waals surface area contributed by atoms with Gasteiger partial charge >= 0.3 is 0 Å². The minimum atomic E-state index is 0.566. The van der Waals surface area contributed by atoms with E-state index < -0.39 is 0 Å². The summed E-state index contributed by atoms with van der Waals surface area (Å²) in [7, 11) is 0. The van der Waals surface area contributed by atoms with Gasteiger partial charge in [0.2, 0.25) is 0 Å². The van der Waals surface area contributed by atoms with Crippen LogP contribution in [0.3, 0.4) is 0 Å². The number of hydrogen-bond donors (Lipinski definition) is 0. The Kier molecular flexibility index (Phi) is 2.43. The first-order valence-electron chi connectivity index (χ1n) is 3.85. The highest BCUT2D eigenvalue weighted by Gasteiger charge is 2.23. The Morgan fingerprint density at radius 1 is 1.40 bits per heavy atom. The van der Waals surface area contributed by atoms with Crippen molar-refractivity contribution in [3.05, 3.63) is 9.15 Å². The molecule has 1 heteroatoms. The number of allylic oxidation sites excluding steroid dienone is 2. The second kappa shape index (κ2) is 2.84. The van der Waals surface area contributed by atoms with Crippen LogP contribution in [0.5, 0.6) is 0 Å². The molecule has 0 N–H and O–H groups in total. The van der Waals surface area contributed by atoms with Crippen molar-refractivity contribution >= 4 is 22.6 Å². The van der Waals surface area contributed by atoms with E-state index >= 15 is 0 Å². The summed E-state index contributed by atoms with van der Waals surface area (Å²) in [5.74, 6) is 0. The topological polar surface area (TPSA) is 0 Å². The summed E-state index contributed by atoms with van der Waals surface area (Å²) in [4.78, 5) is 0. The lowest BCUT2D eigenvalue weighted by atomic mass is 9.79. The molecular formula is C9H15I. The molecule has 0 saturated carbocycles. The predicted octanol–water partition coefficient (Wildman–Crippen LogP) is 3.91. The van der Waals surface area contributed by atoms with Crippen LogP contribution in [-0.4, -0.2) is 0 Å². The normalized spacial score (nSPS) is 25.2. The van der Waals surface area contributed by atoms with Gasteiger partial charge in [-0.2, -0.15) is 0 Å². The van der Waals surface area contributed by atoms with Crippen LogP contribution >= 0.6 is 22.6 Å². The van der Waals surface area contributed by atoms with Gasteiger partial charge in [-0.05, 0) is 57.8 Å². The summed E-state index contributed by atoms with van der Waals surface area (Å²) in [5.41, 5.74) is 2.18. The van der Waals surface area contributed by atoms with Crippen LogP contribution < -0.4 is 0 Å². The van der Waals surface area contributed by atoms with Gasteiger partial charge in [0.05, 0.1) is 0 Å². The van der Waals surface area contributed by atoms with E-state index in [0.29, 0.717) is 5.41 Å². The van der Waals surface area contributed by atoms with Gasteiger partial charge in [0.1, 0.15) is 0 Å². The lowest BCUT2D eigenvalue weighted by Gasteiger charge is -2.30. The fraction of sp³-hybridized carbons (Fsp3) is 0.778. The highest BCUT2D eigenvalue weighted by atomic mass is 127. The molecule has 0 amide bonds. The predicted molar refractivity (Wildman–Crippen MR) is 54.4 cm³/mol. The third-order valence-corrected chi connectivity index (χ3v) is 3.58. The van der Waals surface area contributed by atoms with Crippen molar-refractivity contribution in [2.24, 2.45) is 5.41 Å². The van der Waals surface area contributed by atoms with Gasteiger partial charge < -0.3 is 0 Å². The van der Waals surface area contributed by atoms with E-state index in [9.17, 15) is 0 Å². The second-order valence-corrected chi connectivity index (χ2v) is 5.33. The molecule has 0 heterocycles. The number of hydrogen-bond acceptors (Lipinski definition) is 0. The van der Waals surface area contributed by atoms with Crippen molar-refractivity contribution in [2.75, 3.05) is 0 Å². The highest BCUT2D eigenvalue weighted by Crippen LogP contribution is 2.40. The Hall–Kier alpha value is 0.470. The van der Waals surface area contributed by atoms with Crippen LogP contribution in [0.4, 0.5) is 0 Å². The van der Waals surface area contributed by atoms with Crippen LogP contribution in [0.25, 0.3) is 0 Å². The molecule has 1 aliphatic carbocycles. The maximum Gasteiger partial charge on any atom is -0.00995 e.